The van der Waals surface area contributed by atoms with Crippen molar-refractivity contribution in [2.75, 3.05) is 39.6 Å². The highest BCUT2D eigenvalue weighted by Crippen LogP contribution is 2.45. The highest BCUT2D eigenvalue weighted by atomic mass is 31.2. The summed E-state index contributed by atoms with van der Waals surface area (Å²) < 4.78 is 67.9. The van der Waals surface area contributed by atoms with Crippen LogP contribution >= 0.6 is 15.6 Å². The zero-order valence-corrected chi connectivity index (χ0v) is 56.9. The zero-order chi connectivity index (χ0) is 63.6. The summed E-state index contributed by atoms with van der Waals surface area (Å²) in [6, 6.07) is 0. The Morgan fingerprint density at radius 2 is 0.628 bits per heavy atom. The van der Waals surface area contributed by atoms with Crippen molar-refractivity contribution >= 4 is 39.5 Å². The van der Waals surface area contributed by atoms with Gasteiger partial charge in [0.1, 0.15) is 19.3 Å². The Hall–Kier alpha value is -2.46. The third-order valence-corrected chi connectivity index (χ3v) is 16.7. The van der Waals surface area contributed by atoms with E-state index in [9.17, 15) is 43.2 Å². The molecule has 0 heterocycles. The largest absolute Gasteiger partial charge is 0.472 e. The van der Waals surface area contributed by atoms with Gasteiger partial charge in [-0.2, -0.15) is 0 Å². The highest BCUT2D eigenvalue weighted by molar-refractivity contribution is 7.47. The Labute approximate surface area is 522 Å². The summed E-state index contributed by atoms with van der Waals surface area (Å²) in [4.78, 5) is 72.1. The van der Waals surface area contributed by atoms with E-state index in [-0.39, 0.29) is 25.7 Å². The smallest absolute Gasteiger partial charge is 0.462 e. The molecule has 0 aliphatic heterocycles. The topological polar surface area (TPSA) is 237 Å². The van der Waals surface area contributed by atoms with Crippen molar-refractivity contribution in [2.24, 2.45) is 11.8 Å². The SMILES string of the molecule is CCCCCC/C=C\C=C/CCCCCCCC(=O)OC[C@H](COP(=O)(O)OC[C@@H](O)COP(=O)(O)OC[C@@H](COC(=O)CCCCCCC)OC(=O)CCCCCCCCCC(C)C)OC(=O)CCCCCCCCCCCCCCCC(C)C. The summed E-state index contributed by atoms with van der Waals surface area (Å²) in [7, 11) is -9.90. The number of hydrogen-bond acceptors (Lipinski definition) is 15. The minimum Gasteiger partial charge on any atom is -0.462 e. The molecule has 0 aliphatic rings. The molecule has 17 nitrogen and oxygen atoms in total. The Balaban J connectivity index is 5.21. The van der Waals surface area contributed by atoms with Gasteiger partial charge in [0.05, 0.1) is 26.4 Å². The van der Waals surface area contributed by atoms with Crippen LogP contribution in [0, 0.1) is 11.8 Å². The molecule has 0 spiro atoms. The lowest BCUT2D eigenvalue weighted by Gasteiger charge is -2.21. The second-order valence-electron chi connectivity index (χ2n) is 24.5. The number of phosphoric ester groups is 2. The molecule has 86 heavy (non-hydrogen) atoms. The van der Waals surface area contributed by atoms with E-state index in [0.29, 0.717) is 31.6 Å². The first kappa shape index (κ1) is 83.5. The fourth-order valence-electron chi connectivity index (χ4n) is 9.52. The van der Waals surface area contributed by atoms with Crippen LogP contribution in [0.15, 0.2) is 24.3 Å². The predicted molar refractivity (Wildman–Crippen MR) is 344 cm³/mol. The number of phosphoric acid groups is 2. The number of allylic oxidation sites excluding steroid dienone is 4. The molecule has 0 bridgehead atoms. The van der Waals surface area contributed by atoms with E-state index in [1.807, 2.05) is 0 Å². The minimum atomic E-state index is -4.95. The molecule has 3 N–H and O–H groups in total. The van der Waals surface area contributed by atoms with E-state index in [0.717, 1.165) is 121 Å². The molecule has 0 aliphatic carbocycles. The summed E-state index contributed by atoms with van der Waals surface area (Å²) in [6.07, 6.45) is 45.8. The van der Waals surface area contributed by atoms with Crippen LogP contribution in [-0.2, 0) is 65.4 Å². The average Bonchev–Trinajstić information content (AvgIpc) is 3.64. The Morgan fingerprint density at radius 1 is 0.360 bits per heavy atom. The van der Waals surface area contributed by atoms with Gasteiger partial charge >= 0.3 is 39.5 Å². The quantitative estimate of drug-likeness (QED) is 0.0169. The summed E-state index contributed by atoms with van der Waals surface area (Å²) in [5.74, 6) is -0.694. The maximum Gasteiger partial charge on any atom is 0.472 e. The van der Waals surface area contributed by atoms with Gasteiger partial charge in [-0.1, -0.05) is 258 Å². The molecule has 5 atom stereocenters. The van der Waals surface area contributed by atoms with Crippen molar-refractivity contribution in [2.45, 2.75) is 330 Å². The molecule has 0 rings (SSSR count). The lowest BCUT2D eigenvalue weighted by atomic mass is 10.0. The van der Waals surface area contributed by atoms with Crippen molar-refractivity contribution in [1.82, 2.24) is 0 Å². The van der Waals surface area contributed by atoms with Gasteiger partial charge in [0.2, 0.25) is 0 Å². The highest BCUT2D eigenvalue weighted by Gasteiger charge is 2.30. The molecular weight excluding hydrogens is 1140 g/mol. The van der Waals surface area contributed by atoms with Crippen molar-refractivity contribution in [3.05, 3.63) is 24.3 Å². The van der Waals surface area contributed by atoms with E-state index in [2.05, 4.69) is 65.8 Å². The van der Waals surface area contributed by atoms with Crippen LogP contribution in [-0.4, -0.2) is 96.7 Å². The fourth-order valence-corrected chi connectivity index (χ4v) is 11.1. The summed E-state index contributed by atoms with van der Waals surface area (Å²) in [5, 5.41) is 10.5. The van der Waals surface area contributed by atoms with Crippen molar-refractivity contribution in [3.8, 4) is 0 Å². The van der Waals surface area contributed by atoms with Crippen LogP contribution in [0.2, 0.25) is 0 Å². The third kappa shape index (κ3) is 60.5. The fraction of sp³-hybridized carbons (Fsp3) is 0.881. The first-order valence-electron chi connectivity index (χ1n) is 34.3. The van der Waals surface area contributed by atoms with Crippen LogP contribution in [0.3, 0.4) is 0 Å². The Bertz CT molecular complexity index is 1780. The number of aliphatic hydroxyl groups excluding tert-OH is 1. The monoisotopic (exact) mass is 1260 g/mol. The molecule has 0 aromatic rings. The molecule has 0 radical (unpaired) electrons. The molecule has 19 heteroatoms. The van der Waals surface area contributed by atoms with Gasteiger partial charge in [-0.05, 0) is 63.2 Å². The maximum atomic E-state index is 13.0. The summed E-state index contributed by atoms with van der Waals surface area (Å²) >= 11 is 0. The van der Waals surface area contributed by atoms with Gasteiger partial charge in [-0.15, -0.1) is 0 Å². The Morgan fingerprint density at radius 3 is 0.953 bits per heavy atom. The molecule has 0 aromatic heterocycles. The second-order valence-corrected chi connectivity index (χ2v) is 27.4. The molecule has 2 unspecified atom stereocenters. The average molecular weight is 1270 g/mol. The molecule has 0 fully saturated rings. The molecule has 0 saturated heterocycles. The van der Waals surface area contributed by atoms with Gasteiger partial charge in [-0.25, -0.2) is 9.13 Å². The van der Waals surface area contributed by atoms with Gasteiger partial charge in [0.15, 0.2) is 12.2 Å². The van der Waals surface area contributed by atoms with Crippen LogP contribution in [0.4, 0.5) is 0 Å². The lowest BCUT2D eigenvalue weighted by molar-refractivity contribution is -0.161. The van der Waals surface area contributed by atoms with Crippen LogP contribution in [0.25, 0.3) is 0 Å². The van der Waals surface area contributed by atoms with Gasteiger partial charge in [-0.3, -0.25) is 37.3 Å². The van der Waals surface area contributed by atoms with E-state index in [1.54, 1.807) is 0 Å². The molecule has 0 aromatic carbocycles. The minimum absolute atomic E-state index is 0.0999. The number of unbranched alkanes of at least 4 members (excludes halogenated alkanes) is 31. The second kappa shape index (κ2) is 58.9. The number of carbonyl (C=O) groups excluding carboxylic acids is 4. The number of rotatable bonds is 64. The Kier molecular flexibility index (Phi) is 57.2. The number of carbonyl (C=O) groups is 4. The normalized spacial score (nSPS) is 14.4. The first-order chi connectivity index (χ1) is 41.4. The molecule has 506 valence electrons. The van der Waals surface area contributed by atoms with Crippen molar-refractivity contribution < 1.29 is 80.2 Å². The van der Waals surface area contributed by atoms with Crippen LogP contribution in [0.5, 0.6) is 0 Å². The standard InChI is InChI=1S/C67H126O17P2/c1-7-9-11-13-14-15-16-17-18-21-24-27-32-38-44-50-65(70)78-56-63(84-66(71)51-45-39-33-28-25-22-19-20-23-26-30-36-41-47-59(3)4)58-82-86(75,76)80-54-61(68)53-79-85(73,74)81-57-62(55-77-64(69)49-43-35-12-10-8-2)83-67(72)52-46-40-34-29-31-37-42-48-60(5)6/h15-18,59-63,68H,7-14,19-58H2,1-6H3,(H,73,74)(H,75,76)/b16-15-,18-17-/t61-,62+,63+/m0/s1. The molecule has 0 saturated carbocycles. The summed E-state index contributed by atoms with van der Waals surface area (Å²) in [6.45, 7) is 9.31. The predicted octanol–water partition coefficient (Wildman–Crippen LogP) is 18.4. The summed E-state index contributed by atoms with van der Waals surface area (Å²) in [5.41, 5.74) is 0. The molecular formula is C67H126O17P2. The maximum absolute atomic E-state index is 13.0. The van der Waals surface area contributed by atoms with Crippen LogP contribution < -0.4 is 0 Å². The van der Waals surface area contributed by atoms with Crippen molar-refractivity contribution in [3.63, 3.8) is 0 Å². The third-order valence-electron chi connectivity index (χ3n) is 14.8. The zero-order valence-electron chi connectivity index (χ0n) is 55.1. The van der Waals surface area contributed by atoms with Crippen molar-refractivity contribution in [1.29, 1.82) is 0 Å². The molecule has 0 amide bonds. The van der Waals surface area contributed by atoms with E-state index < -0.39 is 97.5 Å². The van der Waals surface area contributed by atoms with Gasteiger partial charge in [0.25, 0.3) is 0 Å². The number of esters is 4. The van der Waals surface area contributed by atoms with E-state index in [4.69, 9.17) is 37.0 Å². The number of aliphatic hydroxyl groups is 1. The first-order valence-corrected chi connectivity index (χ1v) is 37.3. The van der Waals surface area contributed by atoms with E-state index in [1.165, 1.54) is 103 Å². The van der Waals surface area contributed by atoms with Gasteiger partial charge < -0.3 is 33.8 Å². The number of ether oxygens (including phenoxy) is 4. The van der Waals surface area contributed by atoms with Crippen LogP contribution in [0.1, 0.15) is 311 Å². The van der Waals surface area contributed by atoms with E-state index >= 15 is 0 Å². The number of hydrogen-bond donors (Lipinski definition) is 3. The lowest BCUT2D eigenvalue weighted by Crippen LogP contribution is -2.30. The van der Waals surface area contributed by atoms with Gasteiger partial charge in [0, 0.05) is 25.7 Å².